The lowest BCUT2D eigenvalue weighted by Crippen LogP contribution is -2.58. The molecule has 0 unspecified atom stereocenters. The van der Waals surface area contributed by atoms with Crippen molar-refractivity contribution in [3.05, 3.63) is 65.7 Å². The van der Waals surface area contributed by atoms with Crippen LogP contribution < -0.4 is 10.5 Å². The van der Waals surface area contributed by atoms with Gasteiger partial charge in [-0.05, 0) is 30.5 Å². The molecular weight excluding hydrogens is 494 g/mol. The highest BCUT2D eigenvalue weighted by molar-refractivity contribution is 6.13. The average molecular weight is 527 g/mol. The van der Waals surface area contributed by atoms with Crippen LogP contribution in [0.2, 0.25) is 0 Å². The number of nitrogens with two attached hydrogens (primary N) is 1. The van der Waals surface area contributed by atoms with Crippen LogP contribution in [0.3, 0.4) is 0 Å². The Morgan fingerprint density at radius 1 is 1.16 bits per heavy atom. The summed E-state index contributed by atoms with van der Waals surface area (Å²) in [5, 5.41) is 5.82. The molecule has 2 aliphatic rings. The van der Waals surface area contributed by atoms with Gasteiger partial charge in [-0.2, -0.15) is 5.10 Å². The maximum atomic E-state index is 14.0. The lowest BCUT2D eigenvalue weighted by Gasteiger charge is -2.42. The number of amides is 3. The van der Waals surface area contributed by atoms with Crippen molar-refractivity contribution >= 4 is 23.4 Å². The number of primary amides is 1. The number of carbonyl (C=O) groups excluding carboxylic acids is 3. The Bertz CT molecular complexity index is 1270. The van der Waals surface area contributed by atoms with Crippen molar-refractivity contribution in [3.8, 4) is 5.75 Å². The van der Waals surface area contributed by atoms with Crippen LogP contribution in [0.1, 0.15) is 32.3 Å². The number of hydrogen-bond acceptors (Lipinski definition) is 5. The number of halogens is 2. The number of rotatable bonds is 9. The van der Waals surface area contributed by atoms with Crippen molar-refractivity contribution in [2.75, 3.05) is 26.7 Å². The second kappa shape index (κ2) is 10.5. The van der Waals surface area contributed by atoms with Crippen LogP contribution in [-0.4, -0.2) is 60.1 Å². The van der Waals surface area contributed by atoms with Gasteiger partial charge < -0.3 is 15.4 Å². The van der Waals surface area contributed by atoms with Gasteiger partial charge >= 0.3 is 0 Å². The Hall–Kier alpha value is -3.82. The van der Waals surface area contributed by atoms with Crippen LogP contribution in [0.25, 0.3) is 0 Å². The zero-order valence-corrected chi connectivity index (χ0v) is 21.7. The molecule has 2 aromatic carbocycles. The van der Waals surface area contributed by atoms with E-state index in [-0.39, 0.29) is 37.1 Å². The van der Waals surface area contributed by atoms with Crippen LogP contribution in [-0.2, 0) is 20.8 Å². The first-order valence-corrected chi connectivity index (χ1v) is 12.5. The van der Waals surface area contributed by atoms with E-state index >= 15 is 0 Å². The van der Waals surface area contributed by atoms with E-state index < -0.39 is 34.3 Å². The molecule has 0 aromatic heterocycles. The summed E-state index contributed by atoms with van der Waals surface area (Å²) in [5.41, 5.74) is 5.16. The number of ether oxygens (including phenoxy) is 1. The summed E-state index contributed by atoms with van der Waals surface area (Å²) in [4.78, 5) is 41.4. The molecule has 1 saturated heterocycles. The fourth-order valence-corrected chi connectivity index (χ4v) is 5.26. The predicted octanol–water partition coefficient (Wildman–Crippen LogP) is 3.15. The molecule has 0 bridgehead atoms. The third-order valence-corrected chi connectivity index (χ3v) is 7.64. The van der Waals surface area contributed by atoms with Crippen LogP contribution in [0.4, 0.5) is 8.78 Å². The third-order valence-electron chi connectivity index (χ3n) is 7.64. The second-order valence-corrected chi connectivity index (χ2v) is 10.5. The molecule has 10 heteroatoms. The summed E-state index contributed by atoms with van der Waals surface area (Å²) in [7, 11) is 1.61. The molecule has 0 saturated carbocycles. The number of hydrazone groups is 1. The van der Waals surface area contributed by atoms with Gasteiger partial charge in [-0.15, -0.1) is 0 Å². The molecule has 3 amide bonds. The number of fused-ring (bicyclic) bond motifs is 1. The van der Waals surface area contributed by atoms with E-state index in [2.05, 4.69) is 5.10 Å². The van der Waals surface area contributed by atoms with Gasteiger partial charge in [-0.3, -0.25) is 14.4 Å². The van der Waals surface area contributed by atoms with Gasteiger partial charge in [0.1, 0.15) is 11.2 Å². The first-order valence-electron chi connectivity index (χ1n) is 12.5. The minimum atomic E-state index is -1.23. The van der Waals surface area contributed by atoms with Gasteiger partial charge in [0.2, 0.25) is 11.8 Å². The molecular formula is C28H32F2N4O4. The van der Waals surface area contributed by atoms with Crippen molar-refractivity contribution in [1.29, 1.82) is 0 Å². The van der Waals surface area contributed by atoms with E-state index in [0.29, 0.717) is 19.4 Å². The molecule has 2 aromatic rings. The monoisotopic (exact) mass is 526 g/mol. The Morgan fingerprint density at radius 2 is 1.87 bits per heavy atom. The Morgan fingerprint density at radius 3 is 2.53 bits per heavy atom. The highest BCUT2D eigenvalue weighted by Gasteiger charge is 2.54. The normalized spacial score (nSPS) is 20.1. The Kier molecular flexibility index (Phi) is 7.53. The SMILES string of the molecule is CN1N=C2CCN(C(=O)[C@H](CCOc3ccc(F)c(F)c3)C(C)(C)C(N)=O)C[C@@]2(Cc2ccccc2)C1=O. The number of piperidine rings is 1. The van der Waals surface area contributed by atoms with Crippen LogP contribution in [0.5, 0.6) is 5.75 Å². The lowest BCUT2D eigenvalue weighted by atomic mass is 9.71. The largest absolute Gasteiger partial charge is 0.493 e. The molecule has 38 heavy (non-hydrogen) atoms. The van der Waals surface area contributed by atoms with E-state index in [1.54, 1.807) is 25.8 Å². The Balaban J connectivity index is 1.57. The van der Waals surface area contributed by atoms with E-state index in [4.69, 9.17) is 10.5 Å². The van der Waals surface area contributed by atoms with Crippen LogP contribution in [0, 0.1) is 28.4 Å². The quantitative estimate of drug-likeness (QED) is 0.542. The summed E-state index contributed by atoms with van der Waals surface area (Å²) in [6.45, 7) is 3.62. The van der Waals surface area contributed by atoms with Crippen molar-refractivity contribution in [2.24, 2.45) is 27.6 Å². The molecule has 0 spiro atoms. The van der Waals surface area contributed by atoms with Crippen LogP contribution >= 0.6 is 0 Å². The van der Waals surface area contributed by atoms with Crippen molar-refractivity contribution in [3.63, 3.8) is 0 Å². The van der Waals surface area contributed by atoms with Gasteiger partial charge in [-0.1, -0.05) is 44.2 Å². The van der Waals surface area contributed by atoms with Crippen LogP contribution in [0.15, 0.2) is 53.6 Å². The first kappa shape index (κ1) is 27.2. The summed E-state index contributed by atoms with van der Waals surface area (Å²) < 4.78 is 32.4. The van der Waals surface area contributed by atoms with E-state index in [1.807, 2.05) is 30.3 Å². The van der Waals surface area contributed by atoms with Gasteiger partial charge in [0.25, 0.3) is 5.91 Å². The number of likely N-dealkylation sites (tertiary alicyclic amines) is 1. The molecule has 202 valence electrons. The summed E-state index contributed by atoms with van der Waals surface area (Å²) in [6.07, 6.45) is 0.914. The van der Waals surface area contributed by atoms with Gasteiger partial charge in [-0.25, -0.2) is 13.8 Å². The molecule has 2 N–H and O–H groups in total. The topological polar surface area (TPSA) is 105 Å². The standard InChI is InChI=1S/C28H32F2N4O4/c1-27(2,25(31)36)20(12-14-38-19-9-10-21(29)22(30)15-19)24(35)34-13-11-23-28(17-34,26(37)33(3)32-23)16-18-7-5-4-6-8-18/h4-10,15,20H,11-14,16-17H2,1-3H3,(H2,31,36)/t20-,28+/m0/s1. The predicted molar refractivity (Wildman–Crippen MR) is 137 cm³/mol. The maximum Gasteiger partial charge on any atom is 0.256 e. The highest BCUT2D eigenvalue weighted by Crippen LogP contribution is 2.40. The molecule has 1 fully saturated rings. The van der Waals surface area contributed by atoms with Crippen molar-refractivity contribution < 1.29 is 27.9 Å². The zero-order chi connectivity index (χ0) is 27.7. The lowest BCUT2D eigenvalue weighted by molar-refractivity contribution is -0.149. The molecule has 2 heterocycles. The first-order chi connectivity index (χ1) is 18.0. The third kappa shape index (κ3) is 5.12. The second-order valence-electron chi connectivity index (χ2n) is 10.5. The smallest absolute Gasteiger partial charge is 0.256 e. The van der Waals surface area contributed by atoms with Gasteiger partial charge in [0.15, 0.2) is 11.6 Å². The Labute approximate surface area is 220 Å². The fraction of sp³-hybridized carbons (Fsp3) is 0.429. The molecule has 4 rings (SSSR count). The van der Waals surface area contributed by atoms with E-state index in [0.717, 1.165) is 23.4 Å². The fourth-order valence-electron chi connectivity index (χ4n) is 5.26. The zero-order valence-electron chi connectivity index (χ0n) is 21.7. The molecule has 8 nitrogen and oxygen atoms in total. The molecule has 2 aliphatic heterocycles. The van der Waals surface area contributed by atoms with Gasteiger partial charge in [0, 0.05) is 32.6 Å². The van der Waals surface area contributed by atoms with E-state index in [9.17, 15) is 23.2 Å². The minimum absolute atomic E-state index is 0.0322. The van der Waals surface area contributed by atoms with E-state index in [1.165, 1.54) is 11.1 Å². The molecule has 2 atom stereocenters. The number of benzene rings is 2. The van der Waals surface area contributed by atoms with Gasteiger partial charge in [0.05, 0.1) is 23.7 Å². The molecule has 0 aliphatic carbocycles. The number of nitrogens with zero attached hydrogens (tertiary/aromatic N) is 3. The number of carbonyl (C=O) groups is 3. The average Bonchev–Trinajstić information content (AvgIpc) is 3.13. The maximum absolute atomic E-state index is 14.0. The summed E-state index contributed by atoms with van der Waals surface area (Å²) in [6, 6.07) is 12.7. The number of hydrogen-bond donors (Lipinski definition) is 1. The van der Waals surface area contributed by atoms with Crippen molar-refractivity contribution in [1.82, 2.24) is 9.91 Å². The van der Waals surface area contributed by atoms with Crippen molar-refractivity contribution in [2.45, 2.75) is 33.1 Å². The minimum Gasteiger partial charge on any atom is -0.493 e. The summed E-state index contributed by atoms with van der Waals surface area (Å²) in [5.74, 6) is -3.96. The highest BCUT2D eigenvalue weighted by atomic mass is 19.2. The molecule has 0 radical (unpaired) electrons. The summed E-state index contributed by atoms with van der Waals surface area (Å²) >= 11 is 0.